The molecule has 118 valence electrons. The van der Waals surface area contributed by atoms with Crippen LogP contribution >= 0.6 is 0 Å². The highest BCUT2D eigenvalue weighted by Gasteiger charge is 2.33. The quantitative estimate of drug-likeness (QED) is 0.668. The van der Waals surface area contributed by atoms with E-state index in [2.05, 4.69) is 0 Å². The number of benzene rings is 2. The summed E-state index contributed by atoms with van der Waals surface area (Å²) in [6.45, 7) is 1.61. The Morgan fingerprint density at radius 1 is 0.652 bits per heavy atom. The van der Waals surface area contributed by atoms with Crippen LogP contribution in [0.15, 0.2) is 18.2 Å². The molecule has 0 aliphatic heterocycles. The maximum absolute atomic E-state index is 11.5. The number of aryl methyl sites for hydroxylation is 1. The summed E-state index contributed by atoms with van der Waals surface area (Å²) in [7, 11) is 0. The molecule has 8 heteroatoms. The van der Waals surface area contributed by atoms with Crippen molar-refractivity contribution in [2.75, 3.05) is 0 Å². The molecule has 0 saturated carbocycles. The van der Waals surface area contributed by atoms with Crippen molar-refractivity contribution < 1.29 is 39.6 Å². The summed E-state index contributed by atoms with van der Waals surface area (Å²) in [5.41, 5.74) is -3.05. The number of rotatable bonds is 4. The lowest BCUT2D eigenvalue weighted by Gasteiger charge is -2.14. The zero-order valence-electron chi connectivity index (χ0n) is 11.7. The second-order valence-electron chi connectivity index (χ2n) is 4.77. The first-order chi connectivity index (χ1) is 10.7. The lowest BCUT2D eigenvalue weighted by Crippen LogP contribution is -2.20. The number of carboxylic acids is 4. The van der Waals surface area contributed by atoms with E-state index in [0.717, 1.165) is 0 Å². The number of hydrogen-bond donors (Lipinski definition) is 4. The maximum atomic E-state index is 11.5. The number of fused-ring (bicyclic) bond motifs is 1. The summed E-state index contributed by atoms with van der Waals surface area (Å²) in [6, 6.07) is 4.05. The third-order valence-electron chi connectivity index (χ3n) is 3.32. The lowest BCUT2D eigenvalue weighted by atomic mass is 9.88. The van der Waals surface area contributed by atoms with Crippen LogP contribution < -0.4 is 0 Å². The Morgan fingerprint density at radius 2 is 1.04 bits per heavy atom. The van der Waals surface area contributed by atoms with Crippen molar-refractivity contribution in [2.24, 2.45) is 0 Å². The molecule has 0 unspecified atom stereocenters. The van der Waals surface area contributed by atoms with Crippen molar-refractivity contribution >= 4 is 34.6 Å². The summed E-state index contributed by atoms with van der Waals surface area (Å²) in [5, 5.41) is 36.9. The Kier molecular flexibility index (Phi) is 3.75. The molecule has 0 spiro atoms. The fourth-order valence-electron chi connectivity index (χ4n) is 2.47. The van der Waals surface area contributed by atoms with Crippen molar-refractivity contribution in [3.05, 3.63) is 46.0 Å². The second kappa shape index (κ2) is 5.41. The van der Waals surface area contributed by atoms with Gasteiger partial charge in [0.1, 0.15) is 0 Å². The molecule has 0 aliphatic carbocycles. The van der Waals surface area contributed by atoms with E-state index >= 15 is 0 Å². The molecule has 0 aliphatic rings. The molecule has 2 aromatic carbocycles. The Hall–Kier alpha value is -3.42. The summed E-state index contributed by atoms with van der Waals surface area (Å²) >= 11 is 0. The third-order valence-corrected chi connectivity index (χ3v) is 3.32. The highest BCUT2D eigenvalue weighted by molar-refractivity contribution is 6.23. The summed E-state index contributed by atoms with van der Waals surface area (Å²) in [6.07, 6.45) is 0. The molecule has 23 heavy (non-hydrogen) atoms. The van der Waals surface area contributed by atoms with Gasteiger partial charge in [0.15, 0.2) is 0 Å². The molecule has 4 N–H and O–H groups in total. The summed E-state index contributed by atoms with van der Waals surface area (Å²) in [4.78, 5) is 45.8. The molecular formula is C15H10O8. The smallest absolute Gasteiger partial charge is 0.337 e. The van der Waals surface area contributed by atoms with E-state index in [9.17, 15) is 39.6 Å². The van der Waals surface area contributed by atoms with Crippen LogP contribution in [0.2, 0.25) is 0 Å². The Bertz CT molecular complexity index is 894. The molecule has 0 atom stereocenters. The van der Waals surface area contributed by atoms with Gasteiger partial charge in [0, 0.05) is 0 Å². The average Bonchev–Trinajstić information content (AvgIpc) is 2.43. The van der Waals surface area contributed by atoms with Gasteiger partial charge in [-0.2, -0.15) is 0 Å². The predicted octanol–water partition coefficient (Wildman–Crippen LogP) is 1.94. The van der Waals surface area contributed by atoms with Gasteiger partial charge in [-0.15, -0.1) is 0 Å². The van der Waals surface area contributed by atoms with Crippen LogP contribution in [0.25, 0.3) is 10.8 Å². The molecule has 2 aromatic rings. The zero-order chi connectivity index (χ0) is 17.5. The monoisotopic (exact) mass is 318 g/mol. The number of carbonyl (C=O) groups is 4. The van der Waals surface area contributed by atoms with E-state index in [0.29, 0.717) is 5.56 Å². The topological polar surface area (TPSA) is 149 Å². The van der Waals surface area contributed by atoms with Crippen LogP contribution in [0.4, 0.5) is 0 Å². The molecule has 0 heterocycles. The second-order valence-corrected chi connectivity index (χ2v) is 4.77. The van der Waals surface area contributed by atoms with Gasteiger partial charge in [-0.05, 0) is 17.7 Å². The van der Waals surface area contributed by atoms with Gasteiger partial charge in [-0.25, -0.2) is 19.2 Å². The standard InChI is InChI=1S/C15H10O8/c1-5-2-3-6-7(4-5)9(13(18)19)11(15(22)23)10(14(20)21)8(6)12(16)17/h2-4H,1H3,(H,16,17)(H,18,19)(H,20,21)(H,22,23). The Balaban J connectivity index is 3.27. The fraction of sp³-hybridized carbons (Fsp3) is 0.0667. The van der Waals surface area contributed by atoms with Gasteiger partial charge in [-0.3, -0.25) is 0 Å². The van der Waals surface area contributed by atoms with Crippen molar-refractivity contribution in [1.82, 2.24) is 0 Å². The Labute approximate surface area is 128 Å². The predicted molar refractivity (Wildman–Crippen MR) is 76.5 cm³/mol. The van der Waals surface area contributed by atoms with Gasteiger partial charge in [0.25, 0.3) is 0 Å². The Morgan fingerprint density at radius 3 is 1.43 bits per heavy atom. The SMILES string of the molecule is Cc1ccc2c(C(=O)O)c(C(=O)O)c(C(=O)O)c(C(=O)O)c2c1. The van der Waals surface area contributed by atoms with E-state index in [4.69, 9.17) is 0 Å². The fourth-order valence-corrected chi connectivity index (χ4v) is 2.47. The van der Waals surface area contributed by atoms with Crippen molar-refractivity contribution in [3.8, 4) is 0 Å². The lowest BCUT2D eigenvalue weighted by molar-refractivity contribution is 0.0621. The van der Waals surface area contributed by atoms with Crippen molar-refractivity contribution in [3.63, 3.8) is 0 Å². The molecule has 0 bridgehead atoms. The van der Waals surface area contributed by atoms with E-state index in [-0.39, 0.29) is 10.8 Å². The van der Waals surface area contributed by atoms with Crippen LogP contribution in [0.3, 0.4) is 0 Å². The first kappa shape index (κ1) is 16.0. The number of aromatic carboxylic acids is 4. The van der Waals surface area contributed by atoms with Gasteiger partial charge in [-0.1, -0.05) is 23.8 Å². The van der Waals surface area contributed by atoms with Gasteiger partial charge < -0.3 is 20.4 Å². The van der Waals surface area contributed by atoms with Crippen LogP contribution in [0, 0.1) is 6.92 Å². The van der Waals surface area contributed by atoms with Gasteiger partial charge >= 0.3 is 23.9 Å². The third kappa shape index (κ3) is 2.46. The first-order valence-corrected chi connectivity index (χ1v) is 6.20. The maximum Gasteiger partial charge on any atom is 0.337 e. The molecule has 0 radical (unpaired) electrons. The molecular weight excluding hydrogens is 308 g/mol. The molecule has 0 saturated heterocycles. The van der Waals surface area contributed by atoms with Crippen LogP contribution in [-0.2, 0) is 0 Å². The van der Waals surface area contributed by atoms with Crippen LogP contribution in [0.1, 0.15) is 47.0 Å². The highest BCUT2D eigenvalue weighted by atomic mass is 16.4. The van der Waals surface area contributed by atoms with Crippen molar-refractivity contribution in [2.45, 2.75) is 6.92 Å². The summed E-state index contributed by atoms with van der Waals surface area (Å²) in [5.74, 6) is -6.97. The van der Waals surface area contributed by atoms with E-state index in [1.54, 1.807) is 6.92 Å². The average molecular weight is 318 g/mol. The molecule has 2 rings (SSSR count). The first-order valence-electron chi connectivity index (χ1n) is 6.20. The molecule has 8 nitrogen and oxygen atoms in total. The highest BCUT2D eigenvalue weighted by Crippen LogP contribution is 2.32. The van der Waals surface area contributed by atoms with E-state index in [1.165, 1.54) is 18.2 Å². The molecule has 0 amide bonds. The largest absolute Gasteiger partial charge is 0.478 e. The normalized spacial score (nSPS) is 10.5. The van der Waals surface area contributed by atoms with E-state index in [1.807, 2.05) is 0 Å². The summed E-state index contributed by atoms with van der Waals surface area (Å²) < 4.78 is 0. The zero-order valence-corrected chi connectivity index (χ0v) is 11.7. The van der Waals surface area contributed by atoms with Crippen LogP contribution in [-0.4, -0.2) is 44.3 Å². The van der Waals surface area contributed by atoms with Crippen molar-refractivity contribution in [1.29, 1.82) is 0 Å². The minimum Gasteiger partial charge on any atom is -0.478 e. The van der Waals surface area contributed by atoms with Gasteiger partial charge in [0.2, 0.25) is 0 Å². The molecule has 0 aromatic heterocycles. The van der Waals surface area contributed by atoms with Gasteiger partial charge in [0.05, 0.1) is 22.3 Å². The van der Waals surface area contributed by atoms with Crippen LogP contribution in [0.5, 0.6) is 0 Å². The molecule has 0 fully saturated rings. The number of carboxylic acid groups (broad SMARTS) is 4. The minimum absolute atomic E-state index is 0.141. The minimum atomic E-state index is -1.83. The van der Waals surface area contributed by atoms with E-state index < -0.39 is 46.1 Å². The number of hydrogen-bond acceptors (Lipinski definition) is 4.